The summed E-state index contributed by atoms with van der Waals surface area (Å²) < 4.78 is 9.58. The van der Waals surface area contributed by atoms with Crippen LogP contribution in [0, 0.1) is 23.7 Å². The molecular weight excluding hydrogens is 234 g/mol. The monoisotopic (exact) mass is 251 g/mol. The Hall–Kier alpha value is -1.12. The van der Waals surface area contributed by atoms with Crippen molar-refractivity contribution in [1.29, 1.82) is 5.26 Å². The molecule has 1 aliphatic heterocycles. The molecular formula is C12H17N3OS. The molecule has 0 spiro atoms. The molecule has 1 N–H and O–H groups in total. The van der Waals surface area contributed by atoms with Crippen LogP contribution in [0.4, 0.5) is 5.00 Å². The fourth-order valence-corrected chi connectivity index (χ4v) is 2.70. The summed E-state index contributed by atoms with van der Waals surface area (Å²) in [5.74, 6) is 0. The van der Waals surface area contributed by atoms with Gasteiger partial charge in [0.1, 0.15) is 16.6 Å². The molecule has 4 nitrogen and oxygen atoms in total. The van der Waals surface area contributed by atoms with Crippen LogP contribution in [-0.2, 0) is 4.74 Å². The fourth-order valence-electron chi connectivity index (χ4n) is 1.96. The van der Waals surface area contributed by atoms with Crippen LogP contribution in [0.1, 0.15) is 31.0 Å². The molecule has 0 amide bonds. The maximum atomic E-state index is 9.05. The van der Waals surface area contributed by atoms with Crippen LogP contribution in [-0.4, -0.2) is 24.1 Å². The number of nitrogens with zero attached hydrogens (tertiary/aromatic N) is 2. The summed E-state index contributed by atoms with van der Waals surface area (Å²) in [5, 5.41) is 13.3. The molecule has 0 unspecified atom stereocenters. The van der Waals surface area contributed by atoms with Crippen molar-refractivity contribution in [3.8, 4) is 6.07 Å². The topological polar surface area (TPSA) is 57.9 Å². The quantitative estimate of drug-likeness (QED) is 0.897. The number of aromatic nitrogens is 1. The van der Waals surface area contributed by atoms with Crippen molar-refractivity contribution in [2.24, 2.45) is 5.41 Å². The standard InChI is InChI=1S/C12H17N3OS/c1-9-10(7-13)11(17-15-9)14-8-12(2)3-5-16-6-4-12/h14H,3-6,8H2,1-2H3. The van der Waals surface area contributed by atoms with Crippen LogP contribution in [0.5, 0.6) is 0 Å². The van der Waals surface area contributed by atoms with E-state index in [0.717, 1.165) is 43.3 Å². The zero-order valence-electron chi connectivity index (χ0n) is 10.2. The van der Waals surface area contributed by atoms with Gasteiger partial charge < -0.3 is 10.1 Å². The number of hydrogen-bond donors (Lipinski definition) is 1. The summed E-state index contributed by atoms with van der Waals surface area (Å²) in [6.45, 7) is 6.70. The van der Waals surface area contributed by atoms with E-state index >= 15 is 0 Å². The van der Waals surface area contributed by atoms with Gasteiger partial charge in [-0.2, -0.15) is 9.64 Å². The minimum absolute atomic E-state index is 0.267. The average molecular weight is 251 g/mol. The van der Waals surface area contributed by atoms with Gasteiger partial charge in [0.15, 0.2) is 0 Å². The highest BCUT2D eigenvalue weighted by Gasteiger charge is 2.27. The minimum atomic E-state index is 0.267. The van der Waals surface area contributed by atoms with Crippen molar-refractivity contribution in [2.75, 3.05) is 25.1 Å². The van der Waals surface area contributed by atoms with Gasteiger partial charge in [-0.1, -0.05) is 6.92 Å². The zero-order chi connectivity index (χ0) is 12.3. The van der Waals surface area contributed by atoms with Crippen molar-refractivity contribution in [2.45, 2.75) is 26.7 Å². The maximum Gasteiger partial charge on any atom is 0.127 e. The van der Waals surface area contributed by atoms with E-state index in [1.54, 1.807) is 0 Å². The molecule has 1 fully saturated rings. The first kappa shape index (κ1) is 12.3. The zero-order valence-corrected chi connectivity index (χ0v) is 11.1. The number of aryl methyl sites for hydroxylation is 1. The molecule has 2 rings (SSSR count). The van der Waals surface area contributed by atoms with Crippen LogP contribution >= 0.6 is 11.5 Å². The van der Waals surface area contributed by atoms with E-state index in [-0.39, 0.29) is 5.41 Å². The van der Waals surface area contributed by atoms with Crippen molar-refractivity contribution in [3.63, 3.8) is 0 Å². The van der Waals surface area contributed by atoms with Crippen LogP contribution in [0.15, 0.2) is 0 Å². The Morgan fingerprint density at radius 1 is 1.53 bits per heavy atom. The summed E-state index contributed by atoms with van der Waals surface area (Å²) in [6, 6.07) is 2.20. The highest BCUT2D eigenvalue weighted by Crippen LogP contribution is 2.31. The number of ether oxygens (including phenoxy) is 1. The van der Waals surface area contributed by atoms with Crippen LogP contribution < -0.4 is 5.32 Å². The molecule has 1 saturated heterocycles. The Bertz CT molecular complexity index is 429. The average Bonchev–Trinajstić information content (AvgIpc) is 2.68. The molecule has 1 aliphatic rings. The first-order chi connectivity index (χ1) is 8.14. The third-order valence-corrected chi connectivity index (χ3v) is 4.25. The Kier molecular flexibility index (Phi) is 3.65. The maximum absolute atomic E-state index is 9.05. The summed E-state index contributed by atoms with van der Waals surface area (Å²) in [7, 11) is 0. The van der Waals surface area contributed by atoms with Gasteiger partial charge in [-0.05, 0) is 36.7 Å². The number of hydrogen-bond acceptors (Lipinski definition) is 5. The van der Waals surface area contributed by atoms with Gasteiger partial charge in [-0.25, -0.2) is 0 Å². The van der Waals surface area contributed by atoms with E-state index < -0.39 is 0 Å². The molecule has 1 aromatic heterocycles. The van der Waals surface area contributed by atoms with E-state index in [2.05, 4.69) is 22.7 Å². The van der Waals surface area contributed by atoms with Gasteiger partial charge >= 0.3 is 0 Å². The van der Waals surface area contributed by atoms with E-state index in [9.17, 15) is 0 Å². The van der Waals surface area contributed by atoms with E-state index in [0.29, 0.717) is 5.56 Å². The third kappa shape index (κ3) is 2.76. The van der Waals surface area contributed by atoms with Gasteiger partial charge in [-0.3, -0.25) is 0 Å². The summed E-state index contributed by atoms with van der Waals surface area (Å²) in [5.41, 5.74) is 1.77. The highest BCUT2D eigenvalue weighted by atomic mass is 32.1. The fraction of sp³-hybridized carbons (Fsp3) is 0.667. The highest BCUT2D eigenvalue weighted by molar-refractivity contribution is 7.10. The van der Waals surface area contributed by atoms with Crippen LogP contribution in [0.3, 0.4) is 0 Å². The normalized spacial score (nSPS) is 18.6. The number of nitrogens with one attached hydrogen (secondary N) is 1. The van der Waals surface area contributed by atoms with E-state index in [1.807, 2.05) is 6.92 Å². The molecule has 0 aromatic carbocycles. The van der Waals surface area contributed by atoms with Crippen molar-refractivity contribution >= 4 is 16.5 Å². The van der Waals surface area contributed by atoms with Crippen molar-refractivity contribution in [1.82, 2.24) is 4.37 Å². The first-order valence-corrected chi connectivity index (χ1v) is 6.60. The molecule has 17 heavy (non-hydrogen) atoms. The lowest BCUT2D eigenvalue weighted by molar-refractivity contribution is 0.0300. The molecule has 1 aromatic rings. The summed E-state index contributed by atoms with van der Waals surface area (Å²) in [4.78, 5) is 0. The summed E-state index contributed by atoms with van der Waals surface area (Å²) >= 11 is 1.37. The van der Waals surface area contributed by atoms with Crippen molar-refractivity contribution in [3.05, 3.63) is 11.3 Å². The van der Waals surface area contributed by atoms with Crippen LogP contribution in [0.25, 0.3) is 0 Å². The third-order valence-electron chi connectivity index (χ3n) is 3.35. The smallest absolute Gasteiger partial charge is 0.127 e. The Morgan fingerprint density at radius 2 is 2.24 bits per heavy atom. The molecule has 0 radical (unpaired) electrons. The summed E-state index contributed by atoms with van der Waals surface area (Å²) in [6.07, 6.45) is 2.14. The Labute approximate surface area is 106 Å². The van der Waals surface area contributed by atoms with Gasteiger partial charge in [0.05, 0.1) is 5.69 Å². The van der Waals surface area contributed by atoms with Gasteiger partial charge in [0.25, 0.3) is 0 Å². The molecule has 2 heterocycles. The van der Waals surface area contributed by atoms with Crippen molar-refractivity contribution < 1.29 is 4.74 Å². The number of anilines is 1. The van der Waals surface area contributed by atoms with Gasteiger partial charge in [-0.15, -0.1) is 0 Å². The lowest BCUT2D eigenvalue weighted by Crippen LogP contribution is -2.33. The molecule has 0 atom stereocenters. The van der Waals surface area contributed by atoms with E-state index in [4.69, 9.17) is 10.00 Å². The predicted octanol–water partition coefficient (Wildman–Crippen LogP) is 2.55. The second-order valence-corrected chi connectivity index (χ2v) is 5.63. The van der Waals surface area contributed by atoms with Gasteiger partial charge in [0, 0.05) is 19.8 Å². The second kappa shape index (κ2) is 5.03. The predicted molar refractivity (Wildman–Crippen MR) is 68.2 cm³/mol. The first-order valence-electron chi connectivity index (χ1n) is 5.83. The molecule has 0 aliphatic carbocycles. The van der Waals surface area contributed by atoms with Gasteiger partial charge in [0.2, 0.25) is 0 Å². The molecule has 92 valence electrons. The number of rotatable bonds is 3. The van der Waals surface area contributed by atoms with Crippen LogP contribution in [0.2, 0.25) is 0 Å². The second-order valence-electron chi connectivity index (χ2n) is 4.86. The SMILES string of the molecule is Cc1nsc(NCC2(C)CCOCC2)c1C#N. The molecule has 5 heteroatoms. The largest absolute Gasteiger partial charge is 0.381 e. The van der Waals surface area contributed by atoms with E-state index in [1.165, 1.54) is 11.5 Å². The Morgan fingerprint density at radius 3 is 2.88 bits per heavy atom. The Balaban J connectivity index is 2.00. The lowest BCUT2D eigenvalue weighted by atomic mass is 9.82. The lowest BCUT2D eigenvalue weighted by Gasteiger charge is -2.33. The molecule has 0 bridgehead atoms. The minimum Gasteiger partial charge on any atom is -0.381 e. The number of nitriles is 1. The molecule has 0 saturated carbocycles.